The van der Waals surface area contributed by atoms with Crippen LogP contribution in [0.1, 0.15) is 22.8 Å². The Morgan fingerprint density at radius 2 is 2.22 bits per heavy atom. The molecule has 0 unspecified atom stereocenters. The van der Waals surface area contributed by atoms with Gasteiger partial charge in [0.1, 0.15) is 0 Å². The zero-order chi connectivity index (χ0) is 12.8. The zero-order valence-electron chi connectivity index (χ0n) is 10.3. The molecule has 0 aliphatic heterocycles. The van der Waals surface area contributed by atoms with Gasteiger partial charge in [0.25, 0.3) is 5.91 Å². The molecule has 0 aliphatic rings. The van der Waals surface area contributed by atoms with Crippen LogP contribution in [0.15, 0.2) is 41.1 Å². The minimum absolute atomic E-state index is 0.0585. The molecule has 18 heavy (non-hydrogen) atoms. The lowest BCUT2D eigenvalue weighted by Gasteiger charge is -2.07. The molecule has 2 N–H and O–H groups in total. The quantitative estimate of drug-likeness (QED) is 0.867. The summed E-state index contributed by atoms with van der Waals surface area (Å²) in [5.41, 5.74) is 2.71. The number of carbonyl (C=O) groups is 1. The highest BCUT2D eigenvalue weighted by atomic mass is 32.1. The first-order valence-corrected chi connectivity index (χ1v) is 6.87. The lowest BCUT2D eigenvalue weighted by molar-refractivity contribution is 0.102. The van der Waals surface area contributed by atoms with Crippen molar-refractivity contribution in [3.8, 4) is 0 Å². The van der Waals surface area contributed by atoms with Crippen molar-refractivity contribution in [3.05, 3.63) is 52.2 Å². The number of benzene rings is 1. The SMILES string of the molecule is CCNCc1cccc(NC(=O)c2ccsc2)c1. The van der Waals surface area contributed by atoms with Crippen molar-refractivity contribution >= 4 is 22.9 Å². The standard InChI is InChI=1S/C14H16N2OS/c1-2-15-9-11-4-3-5-13(8-11)16-14(17)12-6-7-18-10-12/h3-8,10,15H,2,9H2,1H3,(H,16,17). The summed E-state index contributed by atoms with van der Waals surface area (Å²) in [6.45, 7) is 3.83. The van der Waals surface area contributed by atoms with Gasteiger partial charge in [-0.2, -0.15) is 11.3 Å². The van der Waals surface area contributed by atoms with Crippen molar-refractivity contribution in [2.45, 2.75) is 13.5 Å². The highest BCUT2D eigenvalue weighted by Crippen LogP contribution is 2.13. The number of rotatable bonds is 5. The first-order chi connectivity index (χ1) is 8.79. The second kappa shape index (κ2) is 6.33. The number of nitrogens with one attached hydrogen (secondary N) is 2. The van der Waals surface area contributed by atoms with E-state index < -0.39 is 0 Å². The molecule has 4 heteroatoms. The van der Waals surface area contributed by atoms with Crippen molar-refractivity contribution in [2.24, 2.45) is 0 Å². The zero-order valence-corrected chi connectivity index (χ0v) is 11.1. The number of thiophene rings is 1. The Morgan fingerprint density at radius 1 is 1.33 bits per heavy atom. The summed E-state index contributed by atoms with van der Waals surface area (Å²) < 4.78 is 0. The lowest BCUT2D eigenvalue weighted by Crippen LogP contribution is -2.13. The van der Waals surface area contributed by atoms with E-state index in [1.807, 2.05) is 41.1 Å². The number of hydrogen-bond donors (Lipinski definition) is 2. The molecular formula is C14H16N2OS. The molecule has 94 valence electrons. The molecule has 3 nitrogen and oxygen atoms in total. The van der Waals surface area contributed by atoms with Crippen LogP contribution in [0, 0.1) is 0 Å². The van der Waals surface area contributed by atoms with E-state index in [0.29, 0.717) is 5.56 Å². The molecule has 2 rings (SSSR count). The van der Waals surface area contributed by atoms with Gasteiger partial charge >= 0.3 is 0 Å². The highest BCUT2D eigenvalue weighted by Gasteiger charge is 2.06. The second-order valence-corrected chi connectivity index (χ2v) is 4.73. The number of amides is 1. The van der Waals surface area contributed by atoms with Gasteiger partial charge in [0.05, 0.1) is 5.56 Å². The molecule has 0 saturated heterocycles. The van der Waals surface area contributed by atoms with E-state index in [2.05, 4.69) is 17.6 Å². The van der Waals surface area contributed by atoms with Gasteiger partial charge in [-0.25, -0.2) is 0 Å². The molecule has 0 radical (unpaired) electrons. The van der Waals surface area contributed by atoms with E-state index in [9.17, 15) is 4.79 Å². The largest absolute Gasteiger partial charge is 0.322 e. The monoisotopic (exact) mass is 260 g/mol. The normalized spacial score (nSPS) is 10.3. The Balaban J connectivity index is 2.03. The Bertz CT molecular complexity index is 508. The molecule has 0 fully saturated rings. The van der Waals surface area contributed by atoms with Gasteiger partial charge in [-0.05, 0) is 35.7 Å². The van der Waals surface area contributed by atoms with Crippen LogP contribution >= 0.6 is 11.3 Å². The summed E-state index contributed by atoms with van der Waals surface area (Å²) in [6, 6.07) is 9.72. The van der Waals surface area contributed by atoms with Crippen LogP contribution in [0.2, 0.25) is 0 Å². The first kappa shape index (κ1) is 12.8. The summed E-state index contributed by atoms with van der Waals surface area (Å²) in [5, 5.41) is 9.91. The van der Waals surface area contributed by atoms with E-state index in [4.69, 9.17) is 0 Å². The Kier molecular flexibility index (Phi) is 4.50. The van der Waals surface area contributed by atoms with Crippen molar-refractivity contribution in [1.82, 2.24) is 5.32 Å². The van der Waals surface area contributed by atoms with Crippen LogP contribution in [0.5, 0.6) is 0 Å². The third-order valence-electron chi connectivity index (χ3n) is 2.55. The first-order valence-electron chi connectivity index (χ1n) is 5.93. The molecule has 1 aromatic heterocycles. The molecule has 2 aromatic rings. The van der Waals surface area contributed by atoms with E-state index in [1.54, 1.807) is 0 Å². The van der Waals surface area contributed by atoms with Crippen molar-refractivity contribution in [3.63, 3.8) is 0 Å². The van der Waals surface area contributed by atoms with Crippen LogP contribution in [0.4, 0.5) is 5.69 Å². The van der Waals surface area contributed by atoms with E-state index in [1.165, 1.54) is 16.9 Å². The summed E-state index contributed by atoms with van der Waals surface area (Å²) >= 11 is 1.52. The summed E-state index contributed by atoms with van der Waals surface area (Å²) in [4.78, 5) is 11.9. The van der Waals surface area contributed by atoms with Gasteiger partial charge in [-0.15, -0.1) is 0 Å². The van der Waals surface area contributed by atoms with Crippen molar-refractivity contribution in [1.29, 1.82) is 0 Å². The lowest BCUT2D eigenvalue weighted by atomic mass is 10.2. The van der Waals surface area contributed by atoms with E-state index in [-0.39, 0.29) is 5.91 Å². The van der Waals surface area contributed by atoms with Gasteiger partial charge in [0.15, 0.2) is 0 Å². The molecule has 0 bridgehead atoms. The van der Waals surface area contributed by atoms with Crippen LogP contribution < -0.4 is 10.6 Å². The van der Waals surface area contributed by atoms with E-state index in [0.717, 1.165) is 18.8 Å². The summed E-state index contributed by atoms with van der Waals surface area (Å²) in [7, 11) is 0. The number of hydrogen-bond acceptors (Lipinski definition) is 3. The maximum atomic E-state index is 11.9. The molecule has 0 saturated carbocycles. The average molecular weight is 260 g/mol. The molecule has 1 aromatic carbocycles. The highest BCUT2D eigenvalue weighted by molar-refractivity contribution is 7.08. The topological polar surface area (TPSA) is 41.1 Å². The third kappa shape index (κ3) is 3.42. The Hall–Kier alpha value is -1.65. The third-order valence-corrected chi connectivity index (χ3v) is 3.23. The predicted molar refractivity (Wildman–Crippen MR) is 76.1 cm³/mol. The van der Waals surface area contributed by atoms with Gasteiger partial charge in [-0.1, -0.05) is 19.1 Å². The maximum absolute atomic E-state index is 11.9. The van der Waals surface area contributed by atoms with Gasteiger partial charge in [-0.3, -0.25) is 4.79 Å². The van der Waals surface area contributed by atoms with Crippen LogP contribution in [-0.4, -0.2) is 12.5 Å². The fraction of sp³-hybridized carbons (Fsp3) is 0.214. The minimum Gasteiger partial charge on any atom is -0.322 e. The molecular weight excluding hydrogens is 244 g/mol. The summed E-state index contributed by atoms with van der Waals surface area (Å²) in [6.07, 6.45) is 0. The van der Waals surface area contributed by atoms with Gasteiger partial charge in [0, 0.05) is 17.6 Å². The molecule has 0 spiro atoms. The maximum Gasteiger partial charge on any atom is 0.256 e. The fourth-order valence-electron chi connectivity index (χ4n) is 1.63. The van der Waals surface area contributed by atoms with E-state index >= 15 is 0 Å². The summed E-state index contributed by atoms with van der Waals surface area (Å²) in [5.74, 6) is -0.0585. The predicted octanol–water partition coefficient (Wildman–Crippen LogP) is 3.11. The van der Waals surface area contributed by atoms with Crippen molar-refractivity contribution in [2.75, 3.05) is 11.9 Å². The molecule has 0 atom stereocenters. The number of carbonyl (C=O) groups excluding carboxylic acids is 1. The van der Waals surface area contributed by atoms with Crippen LogP contribution in [0.3, 0.4) is 0 Å². The van der Waals surface area contributed by atoms with Gasteiger partial charge < -0.3 is 10.6 Å². The van der Waals surface area contributed by atoms with Crippen LogP contribution in [0.25, 0.3) is 0 Å². The second-order valence-electron chi connectivity index (χ2n) is 3.95. The average Bonchev–Trinajstić information content (AvgIpc) is 2.91. The molecule has 1 amide bonds. The van der Waals surface area contributed by atoms with Gasteiger partial charge in [0.2, 0.25) is 0 Å². The fourth-order valence-corrected chi connectivity index (χ4v) is 2.26. The smallest absolute Gasteiger partial charge is 0.256 e. The van der Waals surface area contributed by atoms with Crippen LogP contribution in [-0.2, 0) is 6.54 Å². The number of anilines is 1. The minimum atomic E-state index is -0.0585. The Morgan fingerprint density at radius 3 is 2.94 bits per heavy atom. The molecule has 1 heterocycles. The van der Waals surface area contributed by atoms with Crippen molar-refractivity contribution < 1.29 is 4.79 Å². The molecule has 0 aliphatic carbocycles. The Labute approximate surface area is 111 Å².